The Balaban J connectivity index is 2.41. The number of halogens is 2. The van der Waals surface area contributed by atoms with Crippen molar-refractivity contribution in [2.24, 2.45) is 5.73 Å². The molecule has 1 aromatic carbocycles. The fourth-order valence-electron chi connectivity index (χ4n) is 1.73. The Morgan fingerprint density at radius 1 is 1.31 bits per heavy atom. The molecule has 4 nitrogen and oxygen atoms in total. The number of nitrogens with zero attached hydrogens (tertiary/aromatic N) is 1. The Bertz CT molecular complexity index is 450. The second-order valence-electron chi connectivity index (χ2n) is 3.79. The van der Waals surface area contributed by atoms with Crippen LogP contribution in [0.15, 0.2) is 12.1 Å². The van der Waals surface area contributed by atoms with Gasteiger partial charge in [-0.05, 0) is 12.1 Å². The number of nitrogens with two attached hydrogens (primary N) is 2. The number of carbonyl (C=O) groups is 1. The summed E-state index contributed by atoms with van der Waals surface area (Å²) in [5, 5.41) is 0.789. The molecule has 0 radical (unpaired) electrons. The largest absolute Gasteiger partial charge is 0.397 e. The van der Waals surface area contributed by atoms with Gasteiger partial charge in [-0.15, -0.1) is 0 Å². The van der Waals surface area contributed by atoms with E-state index >= 15 is 0 Å². The highest BCUT2D eigenvalue weighted by Crippen LogP contribution is 2.35. The SMILES string of the molecule is Nc1cc(Cl)c(N2CC(N)CC2=O)cc1Cl. The highest BCUT2D eigenvalue weighted by Gasteiger charge is 2.29. The third kappa shape index (κ3) is 1.96. The first kappa shape index (κ1) is 11.5. The van der Waals surface area contributed by atoms with Crippen molar-refractivity contribution in [3.63, 3.8) is 0 Å². The standard InChI is InChI=1S/C10H11Cl2N3O/c11-6-3-9(7(12)2-8(6)14)15-4-5(13)1-10(15)16/h2-3,5H,1,4,13-14H2. The molecule has 1 amide bonds. The summed E-state index contributed by atoms with van der Waals surface area (Å²) in [7, 11) is 0. The number of amides is 1. The molecular weight excluding hydrogens is 249 g/mol. The van der Waals surface area contributed by atoms with Gasteiger partial charge >= 0.3 is 0 Å². The summed E-state index contributed by atoms with van der Waals surface area (Å²) in [6.07, 6.45) is 0.332. The number of hydrogen-bond donors (Lipinski definition) is 2. The van der Waals surface area contributed by atoms with E-state index in [1.54, 1.807) is 11.0 Å². The third-order valence-electron chi connectivity index (χ3n) is 2.51. The molecule has 86 valence electrons. The van der Waals surface area contributed by atoms with Crippen molar-refractivity contribution in [3.8, 4) is 0 Å². The van der Waals surface area contributed by atoms with E-state index in [0.29, 0.717) is 34.4 Å². The summed E-state index contributed by atoms with van der Waals surface area (Å²) >= 11 is 11.9. The van der Waals surface area contributed by atoms with Crippen LogP contribution < -0.4 is 16.4 Å². The first-order valence-corrected chi connectivity index (χ1v) is 5.55. The summed E-state index contributed by atoms with van der Waals surface area (Å²) in [5.74, 6) is -0.0461. The number of hydrogen-bond acceptors (Lipinski definition) is 3. The van der Waals surface area contributed by atoms with Crippen LogP contribution in [0.4, 0.5) is 11.4 Å². The van der Waals surface area contributed by atoms with Crippen LogP contribution in [0.25, 0.3) is 0 Å². The Kier molecular flexibility index (Phi) is 2.97. The monoisotopic (exact) mass is 259 g/mol. The third-order valence-corrected chi connectivity index (χ3v) is 3.14. The first-order valence-electron chi connectivity index (χ1n) is 4.79. The normalized spacial score (nSPS) is 20.6. The maximum atomic E-state index is 11.6. The fourth-order valence-corrected chi connectivity index (χ4v) is 2.16. The van der Waals surface area contributed by atoms with E-state index in [1.807, 2.05) is 0 Å². The highest BCUT2D eigenvalue weighted by atomic mass is 35.5. The Morgan fingerprint density at radius 3 is 2.56 bits per heavy atom. The van der Waals surface area contributed by atoms with Crippen LogP contribution in [-0.2, 0) is 4.79 Å². The maximum absolute atomic E-state index is 11.6. The number of nitrogen functional groups attached to an aromatic ring is 1. The van der Waals surface area contributed by atoms with Gasteiger partial charge in [-0.25, -0.2) is 0 Å². The molecule has 0 aliphatic carbocycles. The minimum atomic E-state index is -0.153. The number of rotatable bonds is 1. The minimum absolute atomic E-state index is 0.0461. The summed E-state index contributed by atoms with van der Waals surface area (Å²) in [6.45, 7) is 0.457. The van der Waals surface area contributed by atoms with Gasteiger partial charge in [-0.1, -0.05) is 23.2 Å². The van der Waals surface area contributed by atoms with Crippen LogP contribution >= 0.6 is 23.2 Å². The first-order chi connectivity index (χ1) is 7.49. The summed E-state index contributed by atoms with van der Waals surface area (Å²) in [6, 6.07) is 2.98. The second-order valence-corrected chi connectivity index (χ2v) is 4.61. The Hall–Kier alpha value is -0.970. The average molecular weight is 260 g/mol. The predicted octanol–water partition coefficient (Wildman–Crippen LogP) is 1.64. The Labute approximate surface area is 103 Å². The number of benzene rings is 1. The molecule has 2 rings (SSSR count). The molecule has 6 heteroatoms. The summed E-state index contributed by atoms with van der Waals surface area (Å²) < 4.78 is 0. The molecule has 4 N–H and O–H groups in total. The van der Waals surface area contributed by atoms with Gasteiger partial charge in [-0.2, -0.15) is 0 Å². The zero-order valence-corrected chi connectivity index (χ0v) is 9.92. The van der Waals surface area contributed by atoms with Crippen LogP contribution in [0, 0.1) is 0 Å². The molecule has 1 atom stereocenters. The van der Waals surface area contributed by atoms with Crippen LogP contribution in [-0.4, -0.2) is 18.5 Å². The second kappa shape index (κ2) is 4.13. The van der Waals surface area contributed by atoms with Gasteiger partial charge in [0.25, 0.3) is 0 Å². The van der Waals surface area contributed by atoms with E-state index in [2.05, 4.69) is 0 Å². The van der Waals surface area contributed by atoms with Crippen LogP contribution in [0.1, 0.15) is 6.42 Å². The van der Waals surface area contributed by atoms with Gasteiger partial charge in [0, 0.05) is 19.0 Å². The lowest BCUT2D eigenvalue weighted by molar-refractivity contribution is -0.117. The molecule has 1 saturated heterocycles. The van der Waals surface area contributed by atoms with Crippen molar-refractivity contribution in [2.75, 3.05) is 17.2 Å². The lowest BCUT2D eigenvalue weighted by atomic mass is 10.2. The minimum Gasteiger partial charge on any atom is -0.397 e. The highest BCUT2D eigenvalue weighted by molar-refractivity contribution is 6.37. The van der Waals surface area contributed by atoms with Crippen molar-refractivity contribution in [1.29, 1.82) is 0 Å². The van der Waals surface area contributed by atoms with Crippen LogP contribution in [0.2, 0.25) is 10.0 Å². The molecule has 1 aliphatic heterocycles. The lowest BCUT2D eigenvalue weighted by Crippen LogP contribution is -2.28. The van der Waals surface area contributed by atoms with Gasteiger partial charge in [0.05, 0.1) is 21.4 Å². The molecule has 1 aromatic rings. The van der Waals surface area contributed by atoms with Crippen LogP contribution in [0.5, 0.6) is 0 Å². The molecule has 0 saturated carbocycles. The molecule has 0 aromatic heterocycles. The molecule has 0 bridgehead atoms. The van der Waals surface area contributed by atoms with E-state index in [1.165, 1.54) is 6.07 Å². The van der Waals surface area contributed by atoms with E-state index in [-0.39, 0.29) is 11.9 Å². The van der Waals surface area contributed by atoms with E-state index in [9.17, 15) is 4.79 Å². The van der Waals surface area contributed by atoms with Crippen molar-refractivity contribution >= 4 is 40.5 Å². The molecule has 1 unspecified atom stereocenters. The lowest BCUT2D eigenvalue weighted by Gasteiger charge is -2.18. The fraction of sp³-hybridized carbons (Fsp3) is 0.300. The smallest absolute Gasteiger partial charge is 0.228 e. The molecule has 1 heterocycles. The van der Waals surface area contributed by atoms with Crippen molar-refractivity contribution in [3.05, 3.63) is 22.2 Å². The quantitative estimate of drug-likeness (QED) is 0.754. The van der Waals surface area contributed by atoms with Gasteiger partial charge < -0.3 is 16.4 Å². The number of anilines is 2. The van der Waals surface area contributed by atoms with Crippen LogP contribution in [0.3, 0.4) is 0 Å². The average Bonchev–Trinajstić information content (AvgIpc) is 2.51. The molecular formula is C10H11Cl2N3O. The molecule has 16 heavy (non-hydrogen) atoms. The molecule has 1 fully saturated rings. The van der Waals surface area contributed by atoms with Crippen molar-refractivity contribution in [2.45, 2.75) is 12.5 Å². The van der Waals surface area contributed by atoms with Gasteiger partial charge in [0.1, 0.15) is 0 Å². The van der Waals surface area contributed by atoms with E-state index in [0.717, 1.165) is 0 Å². The van der Waals surface area contributed by atoms with Gasteiger partial charge in [0.2, 0.25) is 5.91 Å². The van der Waals surface area contributed by atoms with E-state index in [4.69, 9.17) is 34.7 Å². The van der Waals surface area contributed by atoms with Crippen molar-refractivity contribution in [1.82, 2.24) is 0 Å². The zero-order chi connectivity index (χ0) is 11.9. The predicted molar refractivity (Wildman–Crippen MR) is 65.8 cm³/mol. The summed E-state index contributed by atoms with van der Waals surface area (Å²) in [4.78, 5) is 13.2. The van der Waals surface area contributed by atoms with Gasteiger partial charge in [-0.3, -0.25) is 4.79 Å². The molecule has 0 spiro atoms. The summed E-state index contributed by atoms with van der Waals surface area (Å²) in [5.41, 5.74) is 12.3. The topological polar surface area (TPSA) is 72.3 Å². The number of carbonyl (C=O) groups excluding carboxylic acids is 1. The zero-order valence-electron chi connectivity index (χ0n) is 8.41. The maximum Gasteiger partial charge on any atom is 0.228 e. The van der Waals surface area contributed by atoms with Crippen molar-refractivity contribution < 1.29 is 4.79 Å². The Morgan fingerprint density at radius 2 is 2.00 bits per heavy atom. The molecule has 1 aliphatic rings. The van der Waals surface area contributed by atoms with Gasteiger partial charge in [0.15, 0.2) is 0 Å². The van der Waals surface area contributed by atoms with E-state index < -0.39 is 0 Å².